The Bertz CT molecular complexity index is 689. The van der Waals surface area contributed by atoms with E-state index in [0.29, 0.717) is 17.3 Å². The minimum Gasteiger partial charge on any atom is -0.365 e. The molecule has 24 heavy (non-hydrogen) atoms. The van der Waals surface area contributed by atoms with Crippen LogP contribution in [0.2, 0.25) is 0 Å². The molecule has 0 radical (unpaired) electrons. The summed E-state index contributed by atoms with van der Waals surface area (Å²) in [6.07, 6.45) is 1.72. The highest BCUT2D eigenvalue weighted by molar-refractivity contribution is 5.98. The van der Waals surface area contributed by atoms with Crippen molar-refractivity contribution < 1.29 is 4.79 Å². The molecule has 2 heterocycles. The molecule has 1 aromatic carbocycles. The van der Waals surface area contributed by atoms with Crippen LogP contribution < -0.4 is 10.6 Å². The highest BCUT2D eigenvalue weighted by Crippen LogP contribution is 2.23. The number of benzene rings is 1. The first-order valence-electron chi connectivity index (χ1n) is 8.37. The van der Waals surface area contributed by atoms with Gasteiger partial charge in [-0.2, -0.15) is 0 Å². The first-order valence-corrected chi connectivity index (χ1v) is 8.37. The third-order valence-electron chi connectivity index (χ3n) is 4.54. The molecule has 3 rings (SSSR count). The SMILES string of the molecule is CNC(=O)c1cccnc1NC1CN(Cc2ccccc2)CC1C. The van der Waals surface area contributed by atoms with Crippen molar-refractivity contribution in [3.05, 3.63) is 59.8 Å². The molecule has 0 bridgehead atoms. The molecule has 1 aromatic heterocycles. The number of carbonyl (C=O) groups is 1. The summed E-state index contributed by atoms with van der Waals surface area (Å²) >= 11 is 0. The lowest BCUT2D eigenvalue weighted by Crippen LogP contribution is -2.30. The van der Waals surface area contributed by atoms with Crippen LogP contribution in [0.1, 0.15) is 22.8 Å². The van der Waals surface area contributed by atoms with Gasteiger partial charge in [-0.15, -0.1) is 0 Å². The van der Waals surface area contributed by atoms with Crippen LogP contribution in [0.5, 0.6) is 0 Å². The lowest BCUT2D eigenvalue weighted by atomic mass is 10.1. The largest absolute Gasteiger partial charge is 0.365 e. The molecule has 0 saturated carbocycles. The van der Waals surface area contributed by atoms with E-state index < -0.39 is 0 Å². The fraction of sp³-hybridized carbons (Fsp3) is 0.368. The van der Waals surface area contributed by atoms with Crippen molar-refractivity contribution in [2.24, 2.45) is 5.92 Å². The number of likely N-dealkylation sites (tertiary alicyclic amines) is 1. The number of rotatable bonds is 5. The van der Waals surface area contributed by atoms with Crippen LogP contribution in [-0.4, -0.2) is 42.0 Å². The van der Waals surface area contributed by atoms with Gasteiger partial charge in [0.25, 0.3) is 5.91 Å². The van der Waals surface area contributed by atoms with E-state index in [9.17, 15) is 4.79 Å². The molecule has 0 aliphatic carbocycles. The Labute approximate surface area is 143 Å². The van der Waals surface area contributed by atoms with Gasteiger partial charge in [0.1, 0.15) is 5.82 Å². The first kappa shape index (κ1) is 16.5. The van der Waals surface area contributed by atoms with Crippen molar-refractivity contribution in [1.82, 2.24) is 15.2 Å². The van der Waals surface area contributed by atoms with E-state index in [2.05, 4.69) is 51.7 Å². The molecule has 1 aliphatic rings. The Morgan fingerprint density at radius 2 is 2.00 bits per heavy atom. The average Bonchev–Trinajstić information content (AvgIpc) is 2.94. The zero-order valence-corrected chi connectivity index (χ0v) is 14.2. The maximum Gasteiger partial charge on any atom is 0.254 e. The first-order chi connectivity index (χ1) is 11.7. The van der Waals surface area contributed by atoms with Crippen LogP contribution in [0.3, 0.4) is 0 Å². The number of carbonyl (C=O) groups excluding carboxylic acids is 1. The second-order valence-corrected chi connectivity index (χ2v) is 6.39. The Balaban J connectivity index is 1.67. The molecule has 0 spiro atoms. The van der Waals surface area contributed by atoms with Gasteiger partial charge in [-0.3, -0.25) is 9.69 Å². The van der Waals surface area contributed by atoms with Gasteiger partial charge in [0, 0.05) is 38.9 Å². The maximum absolute atomic E-state index is 12.0. The Kier molecular flexibility index (Phi) is 5.11. The minimum atomic E-state index is -0.114. The third kappa shape index (κ3) is 3.74. The highest BCUT2D eigenvalue weighted by Gasteiger charge is 2.30. The summed E-state index contributed by atoms with van der Waals surface area (Å²) in [5, 5.41) is 6.15. The molecule has 126 valence electrons. The maximum atomic E-state index is 12.0. The van der Waals surface area contributed by atoms with E-state index >= 15 is 0 Å². The van der Waals surface area contributed by atoms with Gasteiger partial charge in [0.05, 0.1) is 5.56 Å². The van der Waals surface area contributed by atoms with E-state index in [-0.39, 0.29) is 11.9 Å². The molecular formula is C19H24N4O. The fourth-order valence-electron chi connectivity index (χ4n) is 3.24. The molecule has 1 aliphatic heterocycles. The number of anilines is 1. The van der Waals surface area contributed by atoms with E-state index in [1.807, 2.05) is 6.07 Å². The fourth-order valence-corrected chi connectivity index (χ4v) is 3.24. The van der Waals surface area contributed by atoms with Crippen LogP contribution in [0.25, 0.3) is 0 Å². The van der Waals surface area contributed by atoms with Gasteiger partial charge in [-0.25, -0.2) is 4.98 Å². The van der Waals surface area contributed by atoms with E-state index in [1.165, 1.54) is 5.56 Å². The summed E-state index contributed by atoms with van der Waals surface area (Å²) in [6, 6.07) is 14.4. The molecule has 1 amide bonds. The van der Waals surface area contributed by atoms with Crippen molar-refractivity contribution in [2.75, 3.05) is 25.5 Å². The summed E-state index contributed by atoms with van der Waals surface area (Å²) < 4.78 is 0. The summed E-state index contributed by atoms with van der Waals surface area (Å²) in [7, 11) is 1.64. The average molecular weight is 324 g/mol. The van der Waals surface area contributed by atoms with Crippen molar-refractivity contribution in [3.8, 4) is 0 Å². The molecule has 1 saturated heterocycles. The number of nitrogens with one attached hydrogen (secondary N) is 2. The predicted octanol–water partition coefficient (Wildman–Crippen LogP) is 2.37. The topological polar surface area (TPSA) is 57.3 Å². The normalized spacial score (nSPS) is 20.8. The molecule has 5 heteroatoms. The summed E-state index contributed by atoms with van der Waals surface area (Å²) in [4.78, 5) is 18.8. The second-order valence-electron chi connectivity index (χ2n) is 6.39. The monoisotopic (exact) mass is 324 g/mol. The smallest absolute Gasteiger partial charge is 0.254 e. The van der Waals surface area contributed by atoms with Gasteiger partial charge >= 0.3 is 0 Å². The predicted molar refractivity (Wildman–Crippen MR) is 95.9 cm³/mol. The van der Waals surface area contributed by atoms with Gasteiger partial charge < -0.3 is 10.6 Å². The molecule has 2 N–H and O–H groups in total. The van der Waals surface area contributed by atoms with Gasteiger partial charge in [0.2, 0.25) is 0 Å². The van der Waals surface area contributed by atoms with Crippen LogP contribution in [-0.2, 0) is 6.54 Å². The molecular weight excluding hydrogens is 300 g/mol. The number of aromatic nitrogens is 1. The highest BCUT2D eigenvalue weighted by atomic mass is 16.1. The van der Waals surface area contributed by atoms with E-state index in [1.54, 1.807) is 25.4 Å². The number of hydrogen-bond donors (Lipinski definition) is 2. The number of amides is 1. The summed E-state index contributed by atoms with van der Waals surface area (Å²) in [5.74, 6) is 1.04. The number of hydrogen-bond acceptors (Lipinski definition) is 4. The van der Waals surface area contributed by atoms with Crippen LogP contribution in [0.15, 0.2) is 48.7 Å². The third-order valence-corrected chi connectivity index (χ3v) is 4.54. The van der Waals surface area contributed by atoms with Crippen LogP contribution in [0.4, 0.5) is 5.82 Å². The van der Waals surface area contributed by atoms with Crippen molar-refractivity contribution in [3.63, 3.8) is 0 Å². The molecule has 2 unspecified atom stereocenters. The van der Waals surface area contributed by atoms with Crippen LogP contribution in [0, 0.1) is 5.92 Å². The van der Waals surface area contributed by atoms with Gasteiger partial charge in [-0.05, 0) is 23.6 Å². The number of nitrogens with zero attached hydrogens (tertiary/aromatic N) is 2. The standard InChI is InChI=1S/C19H24N4O/c1-14-11-23(12-15-7-4-3-5-8-15)13-17(14)22-18-16(19(24)20-2)9-6-10-21-18/h3-10,14,17H,11-13H2,1-2H3,(H,20,24)(H,21,22). The second kappa shape index (κ2) is 7.45. The Morgan fingerprint density at radius 1 is 1.21 bits per heavy atom. The lowest BCUT2D eigenvalue weighted by molar-refractivity contribution is 0.0963. The molecule has 2 atom stereocenters. The molecule has 2 aromatic rings. The van der Waals surface area contributed by atoms with Gasteiger partial charge in [0.15, 0.2) is 0 Å². The minimum absolute atomic E-state index is 0.114. The van der Waals surface area contributed by atoms with Crippen molar-refractivity contribution >= 4 is 11.7 Å². The summed E-state index contributed by atoms with van der Waals surface area (Å²) in [6.45, 7) is 5.17. The molecule has 5 nitrogen and oxygen atoms in total. The van der Waals surface area contributed by atoms with E-state index in [0.717, 1.165) is 19.6 Å². The van der Waals surface area contributed by atoms with Gasteiger partial charge in [-0.1, -0.05) is 37.3 Å². The quantitative estimate of drug-likeness (QED) is 0.886. The molecule has 1 fully saturated rings. The van der Waals surface area contributed by atoms with Crippen molar-refractivity contribution in [1.29, 1.82) is 0 Å². The van der Waals surface area contributed by atoms with Crippen LogP contribution >= 0.6 is 0 Å². The lowest BCUT2D eigenvalue weighted by Gasteiger charge is -2.19. The summed E-state index contributed by atoms with van der Waals surface area (Å²) in [5.41, 5.74) is 1.92. The zero-order valence-electron chi connectivity index (χ0n) is 14.2. The Hall–Kier alpha value is -2.40. The zero-order chi connectivity index (χ0) is 16.9. The van der Waals surface area contributed by atoms with Crippen molar-refractivity contribution in [2.45, 2.75) is 19.5 Å². The number of pyridine rings is 1. The Morgan fingerprint density at radius 3 is 2.75 bits per heavy atom. The van der Waals surface area contributed by atoms with E-state index in [4.69, 9.17) is 0 Å².